The Kier molecular flexibility index (Phi) is 3.02. The van der Waals surface area contributed by atoms with Crippen LogP contribution in [0, 0.1) is 0 Å². The summed E-state index contributed by atoms with van der Waals surface area (Å²) in [6.45, 7) is 0. The van der Waals surface area contributed by atoms with E-state index in [1.165, 1.54) is 6.07 Å². The SMILES string of the molecule is O=C(O)c1cc2[nH]c(=O)c(-c3ccccc3Br)c(O)n2n1. The van der Waals surface area contributed by atoms with Gasteiger partial charge in [0.15, 0.2) is 5.69 Å². The van der Waals surface area contributed by atoms with E-state index in [0.29, 0.717) is 10.0 Å². The largest absolute Gasteiger partial charge is 0.493 e. The molecule has 0 aliphatic rings. The maximum absolute atomic E-state index is 12.2. The molecule has 0 saturated carbocycles. The summed E-state index contributed by atoms with van der Waals surface area (Å²) in [5.74, 6) is -1.67. The highest BCUT2D eigenvalue weighted by atomic mass is 79.9. The number of aromatic hydroxyl groups is 1. The molecule has 3 rings (SSSR count). The van der Waals surface area contributed by atoms with Crippen LogP contribution in [0.15, 0.2) is 39.6 Å². The molecule has 0 spiro atoms. The predicted octanol–water partition coefficient (Wildman–Crippen LogP) is 1.86. The fraction of sp³-hybridized carbons (Fsp3) is 0. The van der Waals surface area contributed by atoms with E-state index < -0.39 is 17.4 Å². The molecule has 1 aromatic carbocycles. The van der Waals surface area contributed by atoms with Gasteiger partial charge in [0.25, 0.3) is 5.56 Å². The van der Waals surface area contributed by atoms with E-state index in [-0.39, 0.29) is 16.9 Å². The molecule has 0 aliphatic heterocycles. The van der Waals surface area contributed by atoms with Crippen molar-refractivity contribution in [3.63, 3.8) is 0 Å². The number of nitrogens with zero attached hydrogens (tertiary/aromatic N) is 2. The second-order valence-corrected chi connectivity index (χ2v) is 5.12. The van der Waals surface area contributed by atoms with Gasteiger partial charge in [0.05, 0.1) is 0 Å². The average molecular weight is 350 g/mol. The number of hydrogen-bond donors (Lipinski definition) is 3. The molecule has 8 heteroatoms. The molecule has 2 heterocycles. The lowest BCUT2D eigenvalue weighted by molar-refractivity contribution is 0.0690. The molecule has 0 saturated heterocycles. The Labute approximate surface area is 125 Å². The number of benzene rings is 1. The van der Waals surface area contributed by atoms with Crippen molar-refractivity contribution >= 4 is 27.5 Å². The van der Waals surface area contributed by atoms with Crippen molar-refractivity contribution in [1.82, 2.24) is 14.6 Å². The van der Waals surface area contributed by atoms with Crippen LogP contribution in [0.3, 0.4) is 0 Å². The fourth-order valence-corrected chi connectivity index (χ4v) is 2.51. The van der Waals surface area contributed by atoms with Crippen LogP contribution in [-0.2, 0) is 0 Å². The first-order chi connectivity index (χ1) is 9.99. The molecule has 7 nitrogen and oxygen atoms in total. The maximum Gasteiger partial charge on any atom is 0.356 e. The normalized spacial score (nSPS) is 10.9. The molecule has 106 valence electrons. The van der Waals surface area contributed by atoms with Crippen molar-refractivity contribution in [3.05, 3.63) is 50.9 Å². The number of nitrogens with one attached hydrogen (secondary N) is 1. The molecule has 0 fully saturated rings. The number of aromatic carboxylic acids is 1. The first-order valence-electron chi connectivity index (χ1n) is 5.82. The smallest absolute Gasteiger partial charge is 0.356 e. The Hall–Kier alpha value is -2.61. The quantitative estimate of drug-likeness (QED) is 0.654. The molecular weight excluding hydrogens is 342 g/mol. The number of aromatic amines is 1. The van der Waals surface area contributed by atoms with E-state index in [4.69, 9.17) is 5.11 Å². The summed E-state index contributed by atoms with van der Waals surface area (Å²) in [6, 6.07) is 8.04. The van der Waals surface area contributed by atoms with Crippen LogP contribution >= 0.6 is 15.9 Å². The van der Waals surface area contributed by atoms with Crippen molar-refractivity contribution in [1.29, 1.82) is 0 Å². The maximum atomic E-state index is 12.2. The van der Waals surface area contributed by atoms with Gasteiger partial charge < -0.3 is 15.2 Å². The summed E-state index contributed by atoms with van der Waals surface area (Å²) in [5, 5.41) is 22.9. The molecular formula is C13H8BrN3O4. The number of carboxylic acid groups (broad SMARTS) is 1. The summed E-state index contributed by atoms with van der Waals surface area (Å²) in [4.78, 5) is 25.6. The lowest BCUT2D eigenvalue weighted by Crippen LogP contribution is -2.12. The summed E-state index contributed by atoms with van der Waals surface area (Å²) in [5.41, 5.74) is -0.222. The van der Waals surface area contributed by atoms with Crippen LogP contribution in [-0.4, -0.2) is 30.8 Å². The minimum atomic E-state index is -1.25. The monoisotopic (exact) mass is 349 g/mol. The minimum Gasteiger partial charge on any atom is -0.493 e. The molecule has 0 amide bonds. The minimum absolute atomic E-state index is 0.00927. The highest BCUT2D eigenvalue weighted by Crippen LogP contribution is 2.31. The van der Waals surface area contributed by atoms with Gasteiger partial charge in [0.2, 0.25) is 5.88 Å². The van der Waals surface area contributed by atoms with Gasteiger partial charge in [-0.05, 0) is 6.07 Å². The summed E-state index contributed by atoms with van der Waals surface area (Å²) in [7, 11) is 0. The number of halogens is 1. The van der Waals surface area contributed by atoms with Crippen LogP contribution in [0.4, 0.5) is 0 Å². The van der Waals surface area contributed by atoms with Crippen molar-refractivity contribution in [2.45, 2.75) is 0 Å². The highest BCUT2D eigenvalue weighted by molar-refractivity contribution is 9.10. The van der Waals surface area contributed by atoms with Crippen molar-refractivity contribution < 1.29 is 15.0 Å². The number of hydrogen-bond acceptors (Lipinski definition) is 4. The molecule has 0 radical (unpaired) electrons. The zero-order chi connectivity index (χ0) is 15.1. The summed E-state index contributed by atoms with van der Waals surface area (Å²) in [6.07, 6.45) is 0. The van der Waals surface area contributed by atoms with Crippen LogP contribution < -0.4 is 5.56 Å². The van der Waals surface area contributed by atoms with Crippen LogP contribution in [0.2, 0.25) is 0 Å². The molecule has 3 aromatic rings. The number of aromatic nitrogens is 3. The van der Waals surface area contributed by atoms with Gasteiger partial charge in [-0.1, -0.05) is 34.1 Å². The van der Waals surface area contributed by atoms with Gasteiger partial charge in [-0.3, -0.25) is 4.79 Å². The van der Waals surface area contributed by atoms with Crippen LogP contribution in [0.5, 0.6) is 5.88 Å². The first-order valence-corrected chi connectivity index (χ1v) is 6.61. The molecule has 21 heavy (non-hydrogen) atoms. The Morgan fingerprint density at radius 2 is 2.05 bits per heavy atom. The zero-order valence-corrected chi connectivity index (χ0v) is 12.0. The Bertz CT molecular complexity index is 929. The van der Waals surface area contributed by atoms with Gasteiger partial charge >= 0.3 is 5.97 Å². The van der Waals surface area contributed by atoms with Gasteiger partial charge in [-0.2, -0.15) is 9.61 Å². The molecule has 0 bridgehead atoms. The van der Waals surface area contributed by atoms with Gasteiger partial charge in [-0.15, -0.1) is 0 Å². The second-order valence-electron chi connectivity index (χ2n) is 4.26. The molecule has 3 N–H and O–H groups in total. The standard InChI is InChI=1S/C13H8BrN3O4/c14-7-4-2-1-3-6(7)10-11(18)15-9-5-8(13(20)21)16-17(9)12(10)19/h1-5,19H,(H,15,18)(H,20,21). The third-order valence-electron chi connectivity index (χ3n) is 2.96. The van der Waals surface area contributed by atoms with Crippen LogP contribution in [0.25, 0.3) is 16.8 Å². The molecule has 2 aromatic heterocycles. The number of fused-ring (bicyclic) bond motifs is 1. The summed E-state index contributed by atoms with van der Waals surface area (Å²) < 4.78 is 1.61. The molecule has 0 aliphatic carbocycles. The van der Waals surface area contributed by atoms with E-state index in [0.717, 1.165) is 4.52 Å². The van der Waals surface area contributed by atoms with Gasteiger partial charge in [0.1, 0.15) is 11.2 Å². The lowest BCUT2D eigenvalue weighted by Gasteiger charge is -2.07. The molecule has 0 atom stereocenters. The average Bonchev–Trinajstić information content (AvgIpc) is 2.85. The zero-order valence-electron chi connectivity index (χ0n) is 10.4. The second kappa shape index (κ2) is 4.74. The Balaban J connectivity index is 2.37. The van der Waals surface area contributed by atoms with E-state index in [2.05, 4.69) is 26.0 Å². The number of rotatable bonds is 2. The first kappa shape index (κ1) is 13.4. The topological polar surface area (TPSA) is 108 Å². The Morgan fingerprint density at radius 3 is 2.71 bits per heavy atom. The highest BCUT2D eigenvalue weighted by Gasteiger charge is 2.19. The third-order valence-corrected chi connectivity index (χ3v) is 3.66. The van der Waals surface area contributed by atoms with Gasteiger partial charge in [-0.25, -0.2) is 4.79 Å². The van der Waals surface area contributed by atoms with Crippen molar-refractivity contribution in [2.75, 3.05) is 0 Å². The number of carboxylic acids is 1. The molecule has 0 unspecified atom stereocenters. The van der Waals surface area contributed by atoms with E-state index in [1.807, 2.05) is 0 Å². The summed E-state index contributed by atoms with van der Waals surface area (Å²) >= 11 is 3.31. The number of H-pyrrole nitrogens is 1. The van der Waals surface area contributed by atoms with E-state index >= 15 is 0 Å². The van der Waals surface area contributed by atoms with Crippen molar-refractivity contribution in [2.24, 2.45) is 0 Å². The van der Waals surface area contributed by atoms with E-state index in [9.17, 15) is 14.7 Å². The van der Waals surface area contributed by atoms with Crippen molar-refractivity contribution in [3.8, 4) is 17.0 Å². The number of carbonyl (C=O) groups is 1. The Morgan fingerprint density at radius 1 is 1.33 bits per heavy atom. The van der Waals surface area contributed by atoms with Gasteiger partial charge in [0, 0.05) is 16.1 Å². The lowest BCUT2D eigenvalue weighted by atomic mass is 10.1. The predicted molar refractivity (Wildman–Crippen MR) is 77.6 cm³/mol. The van der Waals surface area contributed by atoms with Crippen LogP contribution in [0.1, 0.15) is 10.5 Å². The fourth-order valence-electron chi connectivity index (χ4n) is 2.03. The van der Waals surface area contributed by atoms with E-state index in [1.54, 1.807) is 24.3 Å². The third kappa shape index (κ3) is 2.09.